The van der Waals surface area contributed by atoms with Crippen molar-refractivity contribution in [3.05, 3.63) is 26.9 Å². The minimum atomic E-state index is -0.0956. The number of aryl methyl sites for hydroxylation is 1. The van der Waals surface area contributed by atoms with Crippen molar-refractivity contribution in [2.75, 3.05) is 11.9 Å². The van der Waals surface area contributed by atoms with Gasteiger partial charge in [-0.15, -0.1) is 46.3 Å². The van der Waals surface area contributed by atoms with Crippen molar-refractivity contribution in [3.8, 4) is 0 Å². The third-order valence-corrected chi connectivity index (χ3v) is 5.97. The van der Waals surface area contributed by atoms with Gasteiger partial charge in [0, 0.05) is 22.2 Å². The summed E-state index contributed by atoms with van der Waals surface area (Å²) in [6, 6.07) is 2.64. The smallest absolute Gasteiger partial charge is 0.258 e. The highest BCUT2D eigenvalue weighted by Crippen LogP contribution is 2.44. The zero-order valence-electron chi connectivity index (χ0n) is 13.2. The Morgan fingerprint density at radius 3 is 2.79 bits per heavy atom. The molecule has 2 N–H and O–H groups in total. The van der Waals surface area contributed by atoms with E-state index in [2.05, 4.69) is 20.8 Å². The van der Waals surface area contributed by atoms with Crippen LogP contribution < -0.4 is 10.6 Å². The van der Waals surface area contributed by atoms with Crippen molar-refractivity contribution in [3.63, 3.8) is 0 Å². The number of rotatable bonds is 6. The summed E-state index contributed by atoms with van der Waals surface area (Å²) in [7, 11) is 0. The van der Waals surface area contributed by atoms with Crippen LogP contribution in [-0.4, -0.2) is 28.7 Å². The average Bonchev–Trinajstić information content (AvgIpc) is 3.38. The number of amides is 1. The van der Waals surface area contributed by atoms with E-state index in [9.17, 15) is 4.79 Å². The summed E-state index contributed by atoms with van der Waals surface area (Å²) in [5.41, 5.74) is 0.723. The minimum Gasteiger partial charge on any atom is -0.313 e. The predicted molar refractivity (Wildman–Crippen MR) is 103 cm³/mol. The number of nitrogens with one attached hydrogen (secondary N) is 2. The molecule has 1 amide bonds. The van der Waals surface area contributed by atoms with Crippen LogP contribution >= 0.6 is 47.5 Å². The van der Waals surface area contributed by atoms with Gasteiger partial charge in [0.2, 0.25) is 5.13 Å². The first kappa shape index (κ1) is 19.6. The Kier molecular flexibility index (Phi) is 6.61. The fraction of sp³-hybridized carbons (Fsp3) is 0.533. The molecule has 2 saturated carbocycles. The quantitative estimate of drug-likeness (QED) is 0.763. The first-order valence-electron chi connectivity index (χ1n) is 7.62. The fourth-order valence-electron chi connectivity index (χ4n) is 2.56. The molecule has 4 rings (SSSR count). The molecule has 2 atom stereocenters. The van der Waals surface area contributed by atoms with Crippen molar-refractivity contribution in [1.82, 2.24) is 15.5 Å². The second kappa shape index (κ2) is 8.10. The van der Waals surface area contributed by atoms with E-state index in [1.54, 1.807) is 11.3 Å². The molecule has 132 valence electrons. The maximum atomic E-state index is 12.2. The standard InChI is InChI=1S/C15H18N4OS2.2ClH/c1-8-18-19-15(22-8)17-14(20)10-4-13(21-7-10)11-5-12(11)16-6-9-2-3-9;;/h4,7,9,11-12,16H,2-3,5-6H2,1H3,(H,17,19,20);2*1H. The summed E-state index contributed by atoms with van der Waals surface area (Å²) in [5, 5.41) is 17.6. The molecular weight excluding hydrogens is 387 g/mol. The highest BCUT2D eigenvalue weighted by Gasteiger charge is 2.40. The van der Waals surface area contributed by atoms with Gasteiger partial charge in [-0.2, -0.15) is 0 Å². The number of hydrogen-bond acceptors (Lipinski definition) is 6. The van der Waals surface area contributed by atoms with Gasteiger partial charge in [0.05, 0.1) is 5.56 Å². The molecule has 0 radical (unpaired) electrons. The lowest BCUT2D eigenvalue weighted by molar-refractivity contribution is 0.102. The Hall–Kier alpha value is -0.730. The molecule has 0 bridgehead atoms. The number of nitrogens with zero attached hydrogens (tertiary/aromatic N) is 2. The van der Waals surface area contributed by atoms with Gasteiger partial charge in [0.25, 0.3) is 5.91 Å². The fourth-order valence-corrected chi connectivity index (χ4v) is 4.21. The van der Waals surface area contributed by atoms with E-state index in [0.29, 0.717) is 17.1 Å². The number of thiophene rings is 1. The van der Waals surface area contributed by atoms with E-state index in [1.807, 2.05) is 18.4 Å². The monoisotopic (exact) mass is 406 g/mol. The zero-order valence-corrected chi connectivity index (χ0v) is 16.4. The highest BCUT2D eigenvalue weighted by molar-refractivity contribution is 7.15. The lowest BCUT2D eigenvalue weighted by Gasteiger charge is -2.00. The highest BCUT2D eigenvalue weighted by atomic mass is 35.5. The molecule has 24 heavy (non-hydrogen) atoms. The van der Waals surface area contributed by atoms with Crippen molar-refractivity contribution in [2.45, 2.75) is 38.1 Å². The SMILES string of the molecule is Cc1nnc(NC(=O)c2csc(C3CC3NCC3CC3)c2)s1.Cl.Cl. The number of carbonyl (C=O) groups excluding carboxylic acids is 1. The first-order valence-corrected chi connectivity index (χ1v) is 9.32. The lowest BCUT2D eigenvalue weighted by Crippen LogP contribution is -2.20. The van der Waals surface area contributed by atoms with Crippen LogP contribution in [0.1, 0.15) is 45.4 Å². The summed E-state index contributed by atoms with van der Waals surface area (Å²) < 4.78 is 0. The second-order valence-corrected chi connectivity index (χ2v) is 8.24. The van der Waals surface area contributed by atoms with Crippen LogP contribution in [0.4, 0.5) is 5.13 Å². The molecule has 5 nitrogen and oxygen atoms in total. The zero-order chi connectivity index (χ0) is 15.1. The Balaban J connectivity index is 0.00000104. The number of anilines is 1. The molecule has 2 aliphatic rings. The van der Waals surface area contributed by atoms with E-state index in [4.69, 9.17) is 0 Å². The van der Waals surface area contributed by atoms with Crippen LogP contribution in [0.15, 0.2) is 11.4 Å². The van der Waals surface area contributed by atoms with Crippen molar-refractivity contribution >= 4 is 58.5 Å². The predicted octanol–water partition coefficient (Wildman–Crippen LogP) is 3.86. The van der Waals surface area contributed by atoms with Gasteiger partial charge >= 0.3 is 0 Å². The van der Waals surface area contributed by atoms with Crippen molar-refractivity contribution in [2.24, 2.45) is 5.92 Å². The summed E-state index contributed by atoms with van der Waals surface area (Å²) in [6.07, 6.45) is 3.97. The average molecular weight is 407 g/mol. The Morgan fingerprint density at radius 1 is 1.33 bits per heavy atom. The molecule has 2 heterocycles. The minimum absolute atomic E-state index is 0. The third-order valence-electron chi connectivity index (χ3n) is 4.15. The van der Waals surface area contributed by atoms with Crippen LogP contribution in [0.2, 0.25) is 0 Å². The molecule has 9 heteroatoms. The second-order valence-electron chi connectivity index (χ2n) is 6.12. The maximum Gasteiger partial charge on any atom is 0.258 e. The maximum absolute atomic E-state index is 12.2. The molecule has 2 aromatic rings. The van der Waals surface area contributed by atoms with E-state index in [0.717, 1.165) is 23.0 Å². The van der Waals surface area contributed by atoms with E-state index >= 15 is 0 Å². The number of aromatic nitrogens is 2. The van der Waals surface area contributed by atoms with Gasteiger partial charge in [-0.25, -0.2) is 0 Å². The summed E-state index contributed by atoms with van der Waals surface area (Å²) in [5.74, 6) is 1.41. The van der Waals surface area contributed by atoms with Gasteiger partial charge in [0.15, 0.2) is 0 Å². The van der Waals surface area contributed by atoms with Gasteiger partial charge in [-0.05, 0) is 44.7 Å². The van der Waals surface area contributed by atoms with Gasteiger partial charge in [0.1, 0.15) is 5.01 Å². The van der Waals surface area contributed by atoms with Crippen LogP contribution in [0, 0.1) is 12.8 Å². The van der Waals surface area contributed by atoms with Gasteiger partial charge < -0.3 is 5.32 Å². The van der Waals surface area contributed by atoms with Gasteiger partial charge in [-0.3, -0.25) is 10.1 Å². The first-order chi connectivity index (χ1) is 10.7. The Morgan fingerprint density at radius 2 is 2.12 bits per heavy atom. The lowest BCUT2D eigenvalue weighted by atomic mass is 10.2. The van der Waals surface area contributed by atoms with Crippen LogP contribution in [0.5, 0.6) is 0 Å². The summed E-state index contributed by atoms with van der Waals surface area (Å²) in [6.45, 7) is 3.04. The van der Waals surface area contributed by atoms with Crippen molar-refractivity contribution in [1.29, 1.82) is 0 Å². The van der Waals surface area contributed by atoms with E-state index in [1.165, 1.54) is 35.5 Å². The van der Waals surface area contributed by atoms with Crippen LogP contribution in [0.25, 0.3) is 0 Å². The summed E-state index contributed by atoms with van der Waals surface area (Å²) >= 11 is 3.08. The molecular formula is C15H20Cl2N4OS2. The molecule has 0 saturated heterocycles. The molecule has 0 aromatic carbocycles. The molecule has 2 aliphatic carbocycles. The largest absolute Gasteiger partial charge is 0.313 e. The number of hydrogen-bond donors (Lipinski definition) is 2. The molecule has 0 aliphatic heterocycles. The third kappa shape index (κ3) is 4.67. The Bertz CT molecular complexity index is 701. The normalized spacial score (nSPS) is 21.5. The van der Waals surface area contributed by atoms with Gasteiger partial charge in [-0.1, -0.05) is 11.3 Å². The summed E-state index contributed by atoms with van der Waals surface area (Å²) in [4.78, 5) is 13.5. The molecule has 0 spiro atoms. The van der Waals surface area contributed by atoms with Crippen LogP contribution in [0.3, 0.4) is 0 Å². The number of halogens is 2. The molecule has 2 unspecified atom stereocenters. The molecule has 2 fully saturated rings. The van der Waals surface area contributed by atoms with Crippen molar-refractivity contribution < 1.29 is 4.79 Å². The topological polar surface area (TPSA) is 66.9 Å². The molecule has 2 aromatic heterocycles. The van der Waals surface area contributed by atoms with Crippen LogP contribution in [-0.2, 0) is 0 Å². The Labute approximate surface area is 161 Å². The number of carbonyl (C=O) groups is 1. The van der Waals surface area contributed by atoms with E-state index in [-0.39, 0.29) is 30.7 Å². The van der Waals surface area contributed by atoms with E-state index < -0.39 is 0 Å².